The van der Waals surface area contributed by atoms with Crippen molar-refractivity contribution in [3.8, 4) is 0 Å². The molecule has 0 bridgehead atoms. The molecule has 2 amide bonds. The largest absolute Gasteiger partial charge is 0.374 e. The fraction of sp³-hybridized carbons (Fsp3) is 0.619. The first-order valence-electron chi connectivity index (χ1n) is 10.1. The SMILES string of the molecule is CC(C)NC(=O)C(=O)NC[C@@H](c1ccc2c(c1)CCN2C)N1CCCCC1. The van der Waals surface area contributed by atoms with E-state index in [4.69, 9.17) is 0 Å². The minimum atomic E-state index is -0.557. The Bertz CT molecular complexity index is 683. The number of nitrogens with zero attached hydrogens (tertiary/aromatic N) is 2. The van der Waals surface area contributed by atoms with Crippen molar-refractivity contribution in [1.82, 2.24) is 15.5 Å². The molecule has 3 rings (SSSR count). The van der Waals surface area contributed by atoms with Crippen LogP contribution in [0, 0.1) is 0 Å². The zero-order chi connectivity index (χ0) is 19.4. The van der Waals surface area contributed by atoms with Gasteiger partial charge in [0.15, 0.2) is 0 Å². The standard InChI is InChI=1S/C21H32N4O2/c1-15(2)23-21(27)20(26)22-14-19(25-10-5-4-6-11-25)16-7-8-18-17(13-16)9-12-24(18)3/h7-8,13,15,19H,4-6,9-12,14H2,1-3H3,(H,22,26)(H,23,27)/t19-/m0/s1. The summed E-state index contributed by atoms with van der Waals surface area (Å²) in [5.41, 5.74) is 3.91. The highest BCUT2D eigenvalue weighted by Crippen LogP contribution is 2.32. The Morgan fingerprint density at radius 2 is 1.81 bits per heavy atom. The lowest BCUT2D eigenvalue weighted by molar-refractivity contribution is -0.139. The van der Waals surface area contributed by atoms with Crippen molar-refractivity contribution in [2.24, 2.45) is 0 Å². The Morgan fingerprint density at radius 1 is 1.07 bits per heavy atom. The van der Waals surface area contributed by atoms with E-state index in [2.05, 4.69) is 45.7 Å². The number of piperidine rings is 1. The third-order valence-electron chi connectivity index (χ3n) is 5.53. The van der Waals surface area contributed by atoms with E-state index < -0.39 is 11.8 Å². The van der Waals surface area contributed by atoms with Gasteiger partial charge in [0.05, 0.1) is 6.04 Å². The van der Waals surface area contributed by atoms with E-state index in [1.807, 2.05) is 13.8 Å². The summed E-state index contributed by atoms with van der Waals surface area (Å²) >= 11 is 0. The molecular weight excluding hydrogens is 340 g/mol. The molecule has 0 spiro atoms. The van der Waals surface area contributed by atoms with Crippen molar-refractivity contribution >= 4 is 17.5 Å². The van der Waals surface area contributed by atoms with Crippen LogP contribution in [0.2, 0.25) is 0 Å². The van der Waals surface area contributed by atoms with Crippen molar-refractivity contribution in [1.29, 1.82) is 0 Å². The summed E-state index contributed by atoms with van der Waals surface area (Å²) in [6, 6.07) is 6.73. The third kappa shape index (κ3) is 4.80. The molecule has 2 heterocycles. The van der Waals surface area contributed by atoms with Crippen molar-refractivity contribution in [3.05, 3.63) is 29.3 Å². The normalized spacial score (nSPS) is 18.3. The lowest BCUT2D eigenvalue weighted by atomic mass is 9.98. The summed E-state index contributed by atoms with van der Waals surface area (Å²) in [7, 11) is 2.13. The first-order chi connectivity index (χ1) is 13.0. The zero-order valence-corrected chi connectivity index (χ0v) is 16.8. The highest BCUT2D eigenvalue weighted by molar-refractivity contribution is 6.35. The van der Waals surface area contributed by atoms with Crippen LogP contribution in [0.25, 0.3) is 0 Å². The molecule has 2 aliphatic rings. The first kappa shape index (κ1) is 19.7. The van der Waals surface area contributed by atoms with Crippen LogP contribution in [0.5, 0.6) is 0 Å². The number of likely N-dealkylation sites (tertiary alicyclic amines) is 1. The van der Waals surface area contributed by atoms with Crippen LogP contribution >= 0.6 is 0 Å². The lowest BCUT2D eigenvalue weighted by Gasteiger charge is -2.35. The predicted molar refractivity (Wildman–Crippen MR) is 108 cm³/mol. The van der Waals surface area contributed by atoms with Gasteiger partial charge in [0.25, 0.3) is 0 Å². The maximum Gasteiger partial charge on any atom is 0.309 e. The van der Waals surface area contributed by atoms with Crippen molar-refractivity contribution in [3.63, 3.8) is 0 Å². The molecule has 1 fully saturated rings. The van der Waals surface area contributed by atoms with Gasteiger partial charge in [-0.25, -0.2) is 0 Å². The smallest absolute Gasteiger partial charge is 0.309 e. The van der Waals surface area contributed by atoms with E-state index in [1.165, 1.54) is 36.1 Å². The fourth-order valence-corrected chi connectivity index (χ4v) is 4.08. The number of hydrogen-bond acceptors (Lipinski definition) is 4. The van der Waals surface area contributed by atoms with Gasteiger partial charge >= 0.3 is 11.8 Å². The highest BCUT2D eigenvalue weighted by atomic mass is 16.2. The van der Waals surface area contributed by atoms with Crippen LogP contribution in [-0.4, -0.2) is 56.0 Å². The maximum atomic E-state index is 12.2. The second kappa shape index (κ2) is 8.74. The molecule has 2 aliphatic heterocycles. The average Bonchev–Trinajstić information content (AvgIpc) is 3.02. The van der Waals surface area contributed by atoms with Gasteiger partial charge < -0.3 is 15.5 Å². The summed E-state index contributed by atoms with van der Waals surface area (Å²) in [4.78, 5) is 28.8. The fourth-order valence-electron chi connectivity index (χ4n) is 4.08. The molecule has 0 saturated carbocycles. The number of carbonyl (C=O) groups is 2. The monoisotopic (exact) mass is 372 g/mol. The van der Waals surface area contributed by atoms with Crippen molar-refractivity contribution in [2.45, 2.75) is 51.6 Å². The Morgan fingerprint density at radius 3 is 2.52 bits per heavy atom. The van der Waals surface area contributed by atoms with Gasteiger partial charge in [0, 0.05) is 31.9 Å². The van der Waals surface area contributed by atoms with Gasteiger partial charge in [-0.05, 0) is 63.4 Å². The Balaban J connectivity index is 1.73. The Labute approximate surface area is 162 Å². The lowest BCUT2D eigenvalue weighted by Crippen LogP contribution is -2.46. The van der Waals surface area contributed by atoms with E-state index >= 15 is 0 Å². The number of fused-ring (bicyclic) bond motifs is 1. The number of carbonyl (C=O) groups excluding carboxylic acids is 2. The molecule has 0 aliphatic carbocycles. The maximum absolute atomic E-state index is 12.2. The molecule has 6 nitrogen and oxygen atoms in total. The molecule has 2 N–H and O–H groups in total. The number of anilines is 1. The Kier molecular flexibility index (Phi) is 6.37. The van der Waals surface area contributed by atoms with Crippen LogP contribution in [0.15, 0.2) is 18.2 Å². The summed E-state index contributed by atoms with van der Waals surface area (Å²) < 4.78 is 0. The molecule has 1 aromatic carbocycles. The topological polar surface area (TPSA) is 64.7 Å². The average molecular weight is 373 g/mol. The third-order valence-corrected chi connectivity index (χ3v) is 5.53. The molecule has 6 heteroatoms. The Hall–Kier alpha value is -2.08. The number of benzene rings is 1. The first-order valence-corrected chi connectivity index (χ1v) is 10.1. The summed E-state index contributed by atoms with van der Waals surface area (Å²) in [5, 5.41) is 5.51. The van der Waals surface area contributed by atoms with Crippen LogP contribution in [0.4, 0.5) is 5.69 Å². The molecule has 1 saturated heterocycles. The second-order valence-corrected chi connectivity index (χ2v) is 8.01. The molecule has 1 aromatic rings. The summed E-state index contributed by atoms with van der Waals surface area (Å²) in [6.45, 7) is 7.29. The summed E-state index contributed by atoms with van der Waals surface area (Å²) in [6.07, 6.45) is 4.70. The van der Waals surface area contributed by atoms with E-state index in [1.54, 1.807) is 0 Å². The highest BCUT2D eigenvalue weighted by Gasteiger charge is 2.26. The molecule has 0 unspecified atom stereocenters. The van der Waals surface area contributed by atoms with Crippen LogP contribution in [0.1, 0.15) is 50.3 Å². The van der Waals surface area contributed by atoms with E-state index in [0.717, 1.165) is 26.1 Å². The summed E-state index contributed by atoms with van der Waals surface area (Å²) in [5.74, 6) is -1.11. The number of nitrogens with one attached hydrogen (secondary N) is 2. The molecular formula is C21H32N4O2. The molecule has 27 heavy (non-hydrogen) atoms. The minimum Gasteiger partial charge on any atom is -0.374 e. The van der Waals surface area contributed by atoms with Crippen molar-refractivity contribution < 1.29 is 9.59 Å². The van der Waals surface area contributed by atoms with Gasteiger partial charge in [0.1, 0.15) is 0 Å². The van der Waals surface area contributed by atoms with Gasteiger partial charge in [-0.3, -0.25) is 14.5 Å². The number of amides is 2. The van der Waals surface area contributed by atoms with Gasteiger partial charge in [0.2, 0.25) is 0 Å². The quantitative estimate of drug-likeness (QED) is 0.774. The number of rotatable bonds is 5. The van der Waals surface area contributed by atoms with Gasteiger partial charge in [-0.15, -0.1) is 0 Å². The second-order valence-electron chi connectivity index (χ2n) is 8.01. The van der Waals surface area contributed by atoms with Crippen LogP contribution in [0.3, 0.4) is 0 Å². The van der Waals surface area contributed by atoms with E-state index in [9.17, 15) is 9.59 Å². The van der Waals surface area contributed by atoms with E-state index in [-0.39, 0.29) is 12.1 Å². The molecule has 148 valence electrons. The van der Waals surface area contributed by atoms with Crippen LogP contribution < -0.4 is 15.5 Å². The molecule has 0 aromatic heterocycles. The number of hydrogen-bond donors (Lipinski definition) is 2. The molecule has 1 atom stereocenters. The number of likely N-dealkylation sites (N-methyl/N-ethyl adjacent to an activating group) is 1. The zero-order valence-electron chi connectivity index (χ0n) is 16.8. The van der Waals surface area contributed by atoms with Gasteiger partial charge in [-0.2, -0.15) is 0 Å². The van der Waals surface area contributed by atoms with Gasteiger partial charge in [-0.1, -0.05) is 18.6 Å². The minimum absolute atomic E-state index is 0.0464. The van der Waals surface area contributed by atoms with Crippen molar-refractivity contribution in [2.75, 3.05) is 38.1 Å². The predicted octanol–water partition coefficient (Wildman–Crippen LogP) is 1.85. The van der Waals surface area contributed by atoms with Crippen LogP contribution in [-0.2, 0) is 16.0 Å². The molecule has 0 radical (unpaired) electrons. The van der Waals surface area contributed by atoms with E-state index in [0.29, 0.717) is 6.54 Å².